The highest BCUT2D eigenvalue weighted by Gasteiger charge is 2.30. The Morgan fingerprint density at radius 3 is 2.76 bits per heavy atom. The summed E-state index contributed by atoms with van der Waals surface area (Å²) >= 11 is 2.83. The van der Waals surface area contributed by atoms with Crippen LogP contribution in [0.25, 0.3) is 15.9 Å². The monoisotopic (exact) mass is 430 g/mol. The highest BCUT2D eigenvalue weighted by molar-refractivity contribution is 8.00. The Bertz CT molecular complexity index is 1170. The standard InChI is InChI=1S/C21H22N2O4S2/c1-5-14-12(3)28-18-17(14)19(24)23(15-7-6-13(26-4)10-11(15)2)21(22-18)29-16-8-9-27-20(16)25/h6-7,10,16H,5,8-9H2,1-4H3/t16-/m0/s1. The zero-order valence-corrected chi connectivity index (χ0v) is 18.4. The van der Waals surface area contributed by atoms with Crippen LogP contribution in [0.15, 0.2) is 28.2 Å². The number of aromatic nitrogens is 2. The van der Waals surface area contributed by atoms with Crippen LogP contribution >= 0.6 is 23.1 Å². The lowest BCUT2D eigenvalue weighted by Gasteiger charge is -2.16. The van der Waals surface area contributed by atoms with Gasteiger partial charge >= 0.3 is 5.97 Å². The Hall–Kier alpha value is -2.32. The molecule has 3 heterocycles. The van der Waals surface area contributed by atoms with Gasteiger partial charge in [-0.15, -0.1) is 11.3 Å². The number of benzene rings is 1. The van der Waals surface area contributed by atoms with Gasteiger partial charge in [-0.2, -0.15) is 0 Å². The van der Waals surface area contributed by atoms with E-state index < -0.39 is 0 Å². The number of thiophene rings is 1. The number of rotatable bonds is 5. The summed E-state index contributed by atoms with van der Waals surface area (Å²) in [6.07, 6.45) is 1.38. The molecule has 29 heavy (non-hydrogen) atoms. The molecule has 1 aliphatic heterocycles. The number of cyclic esters (lactones) is 1. The molecule has 1 saturated heterocycles. The summed E-state index contributed by atoms with van der Waals surface area (Å²) in [6, 6.07) is 5.59. The summed E-state index contributed by atoms with van der Waals surface area (Å²) in [4.78, 5) is 32.4. The zero-order valence-electron chi connectivity index (χ0n) is 16.8. The number of aryl methyl sites for hydroxylation is 3. The van der Waals surface area contributed by atoms with E-state index in [1.165, 1.54) is 23.1 Å². The van der Waals surface area contributed by atoms with E-state index in [0.29, 0.717) is 23.6 Å². The molecule has 0 N–H and O–H groups in total. The number of nitrogens with zero attached hydrogens (tertiary/aromatic N) is 2. The van der Waals surface area contributed by atoms with Crippen molar-refractivity contribution in [2.45, 2.75) is 44.0 Å². The number of ether oxygens (including phenoxy) is 2. The zero-order chi connectivity index (χ0) is 20.7. The Balaban J connectivity index is 1.98. The van der Waals surface area contributed by atoms with E-state index in [1.54, 1.807) is 11.7 Å². The van der Waals surface area contributed by atoms with Gasteiger partial charge in [0.2, 0.25) is 0 Å². The maximum absolute atomic E-state index is 13.7. The lowest BCUT2D eigenvalue weighted by Crippen LogP contribution is -2.24. The van der Waals surface area contributed by atoms with Gasteiger partial charge in [-0.25, -0.2) is 4.98 Å². The lowest BCUT2D eigenvalue weighted by atomic mass is 10.1. The molecule has 0 saturated carbocycles. The number of esters is 1. The number of hydrogen-bond acceptors (Lipinski definition) is 7. The summed E-state index contributed by atoms with van der Waals surface area (Å²) in [5, 5.41) is 0.836. The summed E-state index contributed by atoms with van der Waals surface area (Å²) in [7, 11) is 1.61. The SMILES string of the molecule is CCc1c(C)sc2nc(S[C@H]3CCOC3=O)n(-c3ccc(OC)cc3C)c(=O)c12. The molecule has 1 atom stereocenters. The van der Waals surface area contributed by atoms with Crippen molar-refractivity contribution in [3.8, 4) is 11.4 Å². The first-order chi connectivity index (χ1) is 13.9. The van der Waals surface area contributed by atoms with E-state index in [0.717, 1.165) is 38.7 Å². The Morgan fingerprint density at radius 1 is 1.34 bits per heavy atom. The molecule has 0 bridgehead atoms. The Labute approximate surface area is 176 Å². The molecule has 2 aromatic heterocycles. The van der Waals surface area contributed by atoms with E-state index in [9.17, 15) is 9.59 Å². The second-order valence-corrected chi connectivity index (χ2v) is 9.29. The largest absolute Gasteiger partial charge is 0.497 e. The summed E-state index contributed by atoms with van der Waals surface area (Å²) in [5.41, 5.74) is 2.58. The molecule has 6 nitrogen and oxygen atoms in total. The average molecular weight is 431 g/mol. The van der Waals surface area contributed by atoms with E-state index >= 15 is 0 Å². The predicted octanol–water partition coefficient (Wildman–Crippen LogP) is 4.04. The van der Waals surface area contributed by atoms with Crippen molar-refractivity contribution in [3.63, 3.8) is 0 Å². The highest BCUT2D eigenvalue weighted by Crippen LogP contribution is 2.34. The average Bonchev–Trinajstić information content (AvgIpc) is 3.24. The van der Waals surface area contributed by atoms with Crippen molar-refractivity contribution in [3.05, 3.63) is 44.6 Å². The quantitative estimate of drug-likeness (QED) is 0.449. The minimum absolute atomic E-state index is 0.0988. The summed E-state index contributed by atoms with van der Waals surface area (Å²) < 4.78 is 12.1. The second kappa shape index (κ2) is 7.84. The number of carbonyl (C=O) groups is 1. The molecule has 0 aliphatic carbocycles. The van der Waals surface area contributed by atoms with Crippen molar-refractivity contribution in [1.29, 1.82) is 0 Å². The van der Waals surface area contributed by atoms with Crippen LogP contribution in [-0.2, 0) is 16.0 Å². The first kappa shape index (κ1) is 20.0. The first-order valence-corrected chi connectivity index (χ1v) is 11.2. The number of methoxy groups -OCH3 is 1. The number of fused-ring (bicyclic) bond motifs is 1. The topological polar surface area (TPSA) is 70.4 Å². The van der Waals surface area contributed by atoms with Gasteiger partial charge in [0, 0.05) is 11.3 Å². The minimum Gasteiger partial charge on any atom is -0.497 e. The van der Waals surface area contributed by atoms with Gasteiger partial charge in [-0.1, -0.05) is 18.7 Å². The molecule has 0 spiro atoms. The molecule has 3 aromatic rings. The van der Waals surface area contributed by atoms with Gasteiger partial charge in [-0.3, -0.25) is 14.2 Å². The van der Waals surface area contributed by atoms with E-state index in [2.05, 4.69) is 0 Å². The van der Waals surface area contributed by atoms with Gasteiger partial charge in [-0.05, 0) is 49.6 Å². The maximum Gasteiger partial charge on any atom is 0.319 e. The molecule has 0 amide bonds. The Morgan fingerprint density at radius 2 is 2.14 bits per heavy atom. The van der Waals surface area contributed by atoms with Crippen LogP contribution in [0.3, 0.4) is 0 Å². The number of thioether (sulfide) groups is 1. The fourth-order valence-corrected chi connectivity index (χ4v) is 5.86. The molecule has 4 rings (SSSR count). The third-order valence-electron chi connectivity index (χ3n) is 5.13. The fourth-order valence-electron chi connectivity index (χ4n) is 3.63. The summed E-state index contributed by atoms with van der Waals surface area (Å²) in [6.45, 7) is 6.41. The maximum atomic E-state index is 13.7. The van der Waals surface area contributed by atoms with Crippen molar-refractivity contribution in [2.75, 3.05) is 13.7 Å². The fraction of sp³-hybridized carbons (Fsp3) is 0.381. The van der Waals surface area contributed by atoms with Gasteiger partial charge < -0.3 is 9.47 Å². The van der Waals surface area contributed by atoms with Crippen molar-refractivity contribution < 1.29 is 14.3 Å². The van der Waals surface area contributed by atoms with Gasteiger partial charge in [0.1, 0.15) is 15.8 Å². The van der Waals surface area contributed by atoms with Crippen molar-refractivity contribution >= 4 is 39.3 Å². The van der Waals surface area contributed by atoms with Crippen LogP contribution < -0.4 is 10.3 Å². The third kappa shape index (κ3) is 3.44. The van der Waals surface area contributed by atoms with Gasteiger partial charge in [0.05, 0.1) is 24.8 Å². The van der Waals surface area contributed by atoms with Crippen LogP contribution in [0.2, 0.25) is 0 Å². The van der Waals surface area contributed by atoms with E-state index in [-0.39, 0.29) is 16.8 Å². The van der Waals surface area contributed by atoms with Crippen LogP contribution in [0.5, 0.6) is 5.75 Å². The molecule has 1 fully saturated rings. The Kier molecular flexibility index (Phi) is 5.40. The lowest BCUT2D eigenvalue weighted by molar-refractivity contribution is -0.137. The first-order valence-electron chi connectivity index (χ1n) is 9.48. The van der Waals surface area contributed by atoms with Crippen molar-refractivity contribution in [2.24, 2.45) is 0 Å². The van der Waals surface area contributed by atoms with Gasteiger partial charge in [0.15, 0.2) is 5.16 Å². The van der Waals surface area contributed by atoms with Crippen LogP contribution in [-0.4, -0.2) is 34.5 Å². The minimum atomic E-state index is -0.351. The van der Waals surface area contributed by atoms with Crippen LogP contribution in [0.4, 0.5) is 0 Å². The van der Waals surface area contributed by atoms with Crippen LogP contribution in [0, 0.1) is 13.8 Å². The van der Waals surface area contributed by atoms with Crippen LogP contribution in [0.1, 0.15) is 29.3 Å². The van der Waals surface area contributed by atoms with E-state index in [4.69, 9.17) is 14.5 Å². The molecule has 1 aliphatic rings. The highest BCUT2D eigenvalue weighted by atomic mass is 32.2. The molecule has 1 aromatic carbocycles. The normalized spacial score (nSPS) is 16.4. The molecule has 0 radical (unpaired) electrons. The van der Waals surface area contributed by atoms with E-state index in [1.807, 2.05) is 39.0 Å². The smallest absolute Gasteiger partial charge is 0.319 e. The number of hydrogen-bond donors (Lipinski definition) is 0. The molecule has 8 heteroatoms. The molecule has 0 unspecified atom stereocenters. The predicted molar refractivity (Wildman–Crippen MR) is 116 cm³/mol. The van der Waals surface area contributed by atoms with Gasteiger partial charge in [0.25, 0.3) is 5.56 Å². The molecular weight excluding hydrogens is 408 g/mol. The number of carbonyl (C=O) groups excluding carboxylic acids is 1. The molecular formula is C21H22N2O4S2. The second-order valence-electron chi connectivity index (χ2n) is 6.92. The van der Waals surface area contributed by atoms with Crippen molar-refractivity contribution in [1.82, 2.24) is 9.55 Å². The molecule has 152 valence electrons. The third-order valence-corrected chi connectivity index (χ3v) is 7.37. The summed E-state index contributed by atoms with van der Waals surface area (Å²) in [5.74, 6) is 0.474.